The minimum Gasteiger partial charge on any atom is -0.497 e. The van der Waals surface area contributed by atoms with Crippen LogP contribution in [0.25, 0.3) is 22.0 Å². The third-order valence-corrected chi connectivity index (χ3v) is 6.24. The van der Waals surface area contributed by atoms with Crippen molar-refractivity contribution in [2.45, 2.75) is 19.4 Å². The fourth-order valence-electron chi connectivity index (χ4n) is 4.24. The van der Waals surface area contributed by atoms with Crippen molar-refractivity contribution in [3.05, 3.63) is 94.1 Å². The number of benzene rings is 3. The maximum absolute atomic E-state index is 5.29. The maximum atomic E-state index is 5.29. The molecule has 0 amide bonds. The van der Waals surface area contributed by atoms with Crippen molar-refractivity contribution in [1.82, 2.24) is 10.4 Å². The van der Waals surface area contributed by atoms with Crippen molar-refractivity contribution < 1.29 is 4.74 Å². The van der Waals surface area contributed by atoms with Gasteiger partial charge in [-0.25, -0.2) is 0 Å². The molecule has 0 saturated carbocycles. The van der Waals surface area contributed by atoms with E-state index in [2.05, 4.69) is 76.8 Å². The monoisotopic (exact) mass is 471 g/mol. The molecule has 1 N–H and O–H groups in total. The average Bonchev–Trinajstić information content (AvgIpc) is 3.29. The zero-order chi connectivity index (χ0) is 21.4. The Morgan fingerprint density at radius 3 is 2.48 bits per heavy atom. The molecule has 5 heteroatoms. The summed E-state index contributed by atoms with van der Waals surface area (Å²) in [5.41, 5.74) is 11.0. The highest BCUT2D eigenvalue weighted by molar-refractivity contribution is 9.10. The third-order valence-electron chi connectivity index (χ3n) is 5.75. The molecule has 5 rings (SSSR count). The van der Waals surface area contributed by atoms with Gasteiger partial charge in [0.15, 0.2) is 0 Å². The number of nitrogens with one attached hydrogen (secondary N) is 1. The van der Waals surface area contributed by atoms with E-state index in [1.165, 1.54) is 16.7 Å². The molecule has 0 fully saturated rings. The lowest BCUT2D eigenvalue weighted by Gasteiger charge is -2.16. The number of halogens is 1. The van der Waals surface area contributed by atoms with Crippen LogP contribution in [0.1, 0.15) is 29.3 Å². The van der Waals surface area contributed by atoms with Crippen molar-refractivity contribution in [2.75, 3.05) is 7.11 Å². The van der Waals surface area contributed by atoms with E-state index < -0.39 is 0 Å². The van der Waals surface area contributed by atoms with Crippen LogP contribution in [0.5, 0.6) is 5.75 Å². The number of hydrogen-bond donors (Lipinski definition) is 1. The van der Waals surface area contributed by atoms with E-state index in [0.29, 0.717) is 0 Å². The van der Waals surface area contributed by atoms with Crippen LogP contribution in [-0.4, -0.2) is 17.8 Å². The molecule has 1 aliphatic rings. The Morgan fingerprint density at radius 2 is 1.74 bits per heavy atom. The lowest BCUT2D eigenvalue weighted by atomic mass is 9.89. The van der Waals surface area contributed by atoms with Gasteiger partial charge in [-0.1, -0.05) is 58.4 Å². The number of nitrogens with zero attached hydrogens (tertiary/aromatic N) is 2. The van der Waals surface area contributed by atoms with E-state index in [9.17, 15) is 0 Å². The van der Waals surface area contributed by atoms with Gasteiger partial charge in [0.2, 0.25) is 0 Å². The second kappa shape index (κ2) is 8.16. The molecule has 0 bridgehead atoms. The van der Waals surface area contributed by atoms with Gasteiger partial charge < -0.3 is 10.2 Å². The topological polar surface area (TPSA) is 46.5 Å². The number of fused-ring (bicyclic) bond motifs is 1. The van der Waals surface area contributed by atoms with Crippen molar-refractivity contribution in [3.8, 4) is 16.9 Å². The Labute approximate surface area is 190 Å². The maximum Gasteiger partial charge on any atom is 0.118 e. The summed E-state index contributed by atoms with van der Waals surface area (Å²) in [7, 11) is 1.68. The summed E-state index contributed by atoms with van der Waals surface area (Å²) in [5, 5.41) is 5.89. The van der Waals surface area contributed by atoms with Gasteiger partial charge in [0.05, 0.1) is 24.4 Å². The van der Waals surface area contributed by atoms with Crippen LogP contribution < -0.4 is 10.2 Å². The molecule has 0 unspecified atom stereocenters. The molecule has 1 atom stereocenters. The van der Waals surface area contributed by atoms with Gasteiger partial charge in [-0.2, -0.15) is 5.10 Å². The standard InChI is InChI=1S/C26H22BrN3O/c1-16-25(24-15-23(29-30-24)17-8-11-20(31-2)12-9-17)26(18-6-4-3-5-7-18)21-14-19(27)10-13-22(21)28-16/h3-14,23,29H,15H2,1-2H3/t23-/m0/s1. The molecule has 1 aromatic heterocycles. The van der Waals surface area contributed by atoms with E-state index in [0.717, 1.165) is 44.5 Å². The van der Waals surface area contributed by atoms with E-state index in [1.807, 2.05) is 24.3 Å². The summed E-state index contributed by atoms with van der Waals surface area (Å²) in [5.74, 6) is 0.856. The zero-order valence-corrected chi connectivity index (χ0v) is 19.0. The summed E-state index contributed by atoms with van der Waals surface area (Å²) >= 11 is 3.64. The molecule has 0 saturated heterocycles. The molecule has 0 aliphatic carbocycles. The first-order valence-electron chi connectivity index (χ1n) is 10.3. The molecule has 2 heterocycles. The van der Waals surface area contributed by atoms with Gasteiger partial charge in [0, 0.05) is 33.1 Å². The van der Waals surface area contributed by atoms with Gasteiger partial charge in [-0.3, -0.25) is 4.98 Å². The van der Waals surface area contributed by atoms with Crippen LogP contribution in [0, 0.1) is 6.92 Å². The first-order chi connectivity index (χ1) is 15.1. The molecule has 4 aromatic rings. The predicted molar refractivity (Wildman–Crippen MR) is 130 cm³/mol. The van der Waals surface area contributed by atoms with Crippen LogP contribution in [-0.2, 0) is 0 Å². The second-order valence-electron chi connectivity index (χ2n) is 7.69. The molecule has 0 spiro atoms. The molecule has 154 valence electrons. The highest BCUT2D eigenvalue weighted by atomic mass is 79.9. The lowest BCUT2D eigenvalue weighted by molar-refractivity contribution is 0.414. The Hall–Kier alpha value is -3.18. The smallest absolute Gasteiger partial charge is 0.118 e. The summed E-state index contributed by atoms with van der Waals surface area (Å²) in [4.78, 5) is 4.92. The summed E-state index contributed by atoms with van der Waals surface area (Å²) in [6.07, 6.45) is 0.800. The molecule has 31 heavy (non-hydrogen) atoms. The number of rotatable bonds is 4. The van der Waals surface area contributed by atoms with E-state index in [1.54, 1.807) is 7.11 Å². The number of ether oxygens (including phenoxy) is 1. The van der Waals surface area contributed by atoms with E-state index in [4.69, 9.17) is 14.8 Å². The normalized spacial score (nSPS) is 15.6. The first kappa shape index (κ1) is 19.8. The van der Waals surface area contributed by atoms with Crippen molar-refractivity contribution in [3.63, 3.8) is 0 Å². The van der Waals surface area contributed by atoms with Crippen LogP contribution >= 0.6 is 15.9 Å². The molecular weight excluding hydrogens is 450 g/mol. The molecular formula is C26H22BrN3O. The molecule has 1 aliphatic heterocycles. The Kier molecular flexibility index (Phi) is 5.20. The number of hydrogen-bond acceptors (Lipinski definition) is 4. The minimum atomic E-state index is 0.127. The number of hydrazone groups is 1. The number of pyridine rings is 1. The average molecular weight is 472 g/mol. The van der Waals surface area contributed by atoms with Gasteiger partial charge >= 0.3 is 0 Å². The summed E-state index contributed by atoms with van der Waals surface area (Å²) in [6.45, 7) is 2.08. The van der Waals surface area contributed by atoms with Crippen molar-refractivity contribution in [1.29, 1.82) is 0 Å². The number of aryl methyl sites for hydroxylation is 1. The van der Waals surface area contributed by atoms with Gasteiger partial charge in [0.25, 0.3) is 0 Å². The van der Waals surface area contributed by atoms with Crippen molar-refractivity contribution in [2.24, 2.45) is 5.10 Å². The highest BCUT2D eigenvalue weighted by Gasteiger charge is 2.26. The fraction of sp³-hybridized carbons (Fsp3) is 0.154. The Morgan fingerprint density at radius 1 is 0.968 bits per heavy atom. The zero-order valence-electron chi connectivity index (χ0n) is 17.4. The van der Waals surface area contributed by atoms with E-state index in [-0.39, 0.29) is 6.04 Å². The van der Waals surface area contributed by atoms with E-state index >= 15 is 0 Å². The fourth-order valence-corrected chi connectivity index (χ4v) is 4.60. The lowest BCUT2D eigenvalue weighted by Crippen LogP contribution is -2.10. The van der Waals surface area contributed by atoms with Crippen LogP contribution in [0.3, 0.4) is 0 Å². The summed E-state index contributed by atoms with van der Waals surface area (Å²) in [6, 6.07) is 25.1. The molecule has 0 radical (unpaired) electrons. The first-order valence-corrected chi connectivity index (χ1v) is 11.0. The number of methoxy groups -OCH3 is 1. The molecule has 4 nitrogen and oxygen atoms in total. The Bertz CT molecular complexity index is 1280. The van der Waals surface area contributed by atoms with Crippen LogP contribution in [0.15, 0.2) is 82.4 Å². The van der Waals surface area contributed by atoms with Gasteiger partial charge in [0.1, 0.15) is 5.75 Å². The highest BCUT2D eigenvalue weighted by Crippen LogP contribution is 2.37. The van der Waals surface area contributed by atoms with Crippen LogP contribution in [0.4, 0.5) is 0 Å². The SMILES string of the molecule is COc1ccc([C@@H]2CC(c3c(C)nc4ccc(Br)cc4c3-c3ccccc3)=NN2)cc1. The quantitative estimate of drug-likeness (QED) is 0.373. The minimum absolute atomic E-state index is 0.127. The van der Waals surface area contributed by atoms with Crippen molar-refractivity contribution >= 4 is 32.5 Å². The summed E-state index contributed by atoms with van der Waals surface area (Å²) < 4.78 is 6.33. The largest absolute Gasteiger partial charge is 0.497 e. The Balaban J connectivity index is 1.62. The third kappa shape index (κ3) is 3.70. The van der Waals surface area contributed by atoms with Gasteiger partial charge in [-0.05, 0) is 48.4 Å². The molecule has 3 aromatic carbocycles. The van der Waals surface area contributed by atoms with Gasteiger partial charge in [-0.15, -0.1) is 0 Å². The predicted octanol–water partition coefficient (Wildman–Crippen LogP) is 6.42. The van der Waals surface area contributed by atoms with Crippen LogP contribution in [0.2, 0.25) is 0 Å². The second-order valence-corrected chi connectivity index (χ2v) is 8.61. The number of aromatic nitrogens is 1.